The highest BCUT2D eigenvalue weighted by atomic mass is 35.5. The molecule has 22 heavy (non-hydrogen) atoms. The van der Waals surface area contributed by atoms with Crippen molar-refractivity contribution in [2.45, 2.75) is 32.6 Å². The summed E-state index contributed by atoms with van der Waals surface area (Å²) in [6, 6.07) is 8.42. The normalized spacial score (nSPS) is 10.5. The van der Waals surface area contributed by atoms with Crippen molar-refractivity contribution in [3.05, 3.63) is 35.4 Å². The molecule has 1 rings (SSSR count). The fourth-order valence-electron chi connectivity index (χ4n) is 1.83. The summed E-state index contributed by atoms with van der Waals surface area (Å²) in [6.07, 6.45) is 0.765. The molecule has 0 aliphatic rings. The van der Waals surface area contributed by atoms with Crippen LogP contribution in [0, 0.1) is 0 Å². The lowest BCUT2D eigenvalue weighted by Gasteiger charge is -2.19. The maximum absolute atomic E-state index is 11.5. The first kappa shape index (κ1) is 20.4. The summed E-state index contributed by atoms with van der Waals surface area (Å²) in [5.41, 5.74) is 7.75. The zero-order valence-electron chi connectivity index (χ0n) is 13.4. The van der Waals surface area contributed by atoms with E-state index < -0.39 is 0 Å². The van der Waals surface area contributed by atoms with Crippen LogP contribution in [0.2, 0.25) is 0 Å². The van der Waals surface area contributed by atoms with Gasteiger partial charge in [-0.2, -0.15) is 0 Å². The van der Waals surface area contributed by atoms with E-state index >= 15 is 0 Å². The average Bonchev–Trinajstić information content (AvgIpc) is 2.44. The number of carbonyl (C=O) groups excluding carboxylic acids is 2. The molecule has 0 saturated heterocycles. The highest BCUT2D eigenvalue weighted by molar-refractivity contribution is 5.85. The van der Waals surface area contributed by atoms with Gasteiger partial charge in [-0.3, -0.25) is 9.59 Å². The number of halogens is 1. The lowest BCUT2D eigenvalue weighted by Crippen LogP contribution is -2.40. The van der Waals surface area contributed by atoms with E-state index in [9.17, 15) is 9.59 Å². The standard InChI is InChI=1S/C16H25N3O2.ClH/c1-16(2,3)13-6-4-12(5-7-13)8-9-18-15(21)11-19-14(20)10-17;/h4-7H,8-11,17H2,1-3H3,(H,18,21)(H,19,20);1H. The molecular weight excluding hydrogens is 302 g/mol. The Hall–Kier alpha value is -1.59. The second-order valence-electron chi connectivity index (χ2n) is 6.03. The summed E-state index contributed by atoms with van der Waals surface area (Å²) in [7, 11) is 0. The van der Waals surface area contributed by atoms with E-state index in [2.05, 4.69) is 55.7 Å². The number of amides is 2. The van der Waals surface area contributed by atoms with Crippen LogP contribution in [-0.4, -0.2) is 31.4 Å². The number of nitrogens with two attached hydrogens (primary N) is 1. The predicted molar refractivity (Wildman–Crippen MR) is 91.2 cm³/mol. The van der Waals surface area contributed by atoms with Gasteiger partial charge >= 0.3 is 0 Å². The quantitative estimate of drug-likeness (QED) is 0.732. The van der Waals surface area contributed by atoms with Gasteiger partial charge in [0.1, 0.15) is 0 Å². The van der Waals surface area contributed by atoms with Crippen LogP contribution in [-0.2, 0) is 21.4 Å². The summed E-state index contributed by atoms with van der Waals surface area (Å²) in [5, 5.41) is 5.19. The molecule has 2 amide bonds. The van der Waals surface area contributed by atoms with Crippen molar-refractivity contribution in [2.24, 2.45) is 5.73 Å². The molecule has 0 radical (unpaired) electrons. The van der Waals surface area contributed by atoms with Gasteiger partial charge in [0.25, 0.3) is 0 Å². The second-order valence-corrected chi connectivity index (χ2v) is 6.03. The fraction of sp³-hybridized carbons (Fsp3) is 0.500. The molecule has 1 aromatic carbocycles. The van der Waals surface area contributed by atoms with Crippen molar-refractivity contribution in [2.75, 3.05) is 19.6 Å². The first-order valence-corrected chi connectivity index (χ1v) is 7.16. The zero-order chi connectivity index (χ0) is 15.9. The van der Waals surface area contributed by atoms with E-state index in [0.717, 1.165) is 6.42 Å². The minimum Gasteiger partial charge on any atom is -0.354 e. The first-order chi connectivity index (χ1) is 9.82. The molecule has 4 N–H and O–H groups in total. The minimum absolute atomic E-state index is 0. The van der Waals surface area contributed by atoms with Gasteiger partial charge in [0.15, 0.2) is 0 Å². The molecule has 6 heteroatoms. The van der Waals surface area contributed by atoms with Gasteiger partial charge in [-0.05, 0) is 23.0 Å². The number of hydrogen-bond acceptors (Lipinski definition) is 3. The molecule has 0 atom stereocenters. The summed E-state index contributed by atoms with van der Waals surface area (Å²) in [5.74, 6) is -0.536. The summed E-state index contributed by atoms with van der Waals surface area (Å²) < 4.78 is 0. The summed E-state index contributed by atoms with van der Waals surface area (Å²) >= 11 is 0. The van der Waals surface area contributed by atoms with E-state index in [1.165, 1.54) is 11.1 Å². The molecule has 0 aromatic heterocycles. The third kappa shape index (κ3) is 7.43. The van der Waals surface area contributed by atoms with Crippen LogP contribution < -0.4 is 16.4 Å². The number of nitrogens with one attached hydrogen (secondary N) is 2. The second kappa shape index (κ2) is 9.43. The Morgan fingerprint density at radius 2 is 1.64 bits per heavy atom. The largest absolute Gasteiger partial charge is 0.354 e. The topological polar surface area (TPSA) is 84.2 Å². The summed E-state index contributed by atoms with van der Waals surface area (Å²) in [4.78, 5) is 22.4. The van der Waals surface area contributed by atoms with Crippen LogP contribution in [0.4, 0.5) is 0 Å². The van der Waals surface area contributed by atoms with Gasteiger partial charge in [-0.1, -0.05) is 45.0 Å². The SMILES string of the molecule is CC(C)(C)c1ccc(CCNC(=O)CNC(=O)CN)cc1.Cl. The van der Waals surface area contributed by atoms with Crippen LogP contribution in [0.1, 0.15) is 31.9 Å². The van der Waals surface area contributed by atoms with Crippen molar-refractivity contribution in [1.82, 2.24) is 10.6 Å². The maximum Gasteiger partial charge on any atom is 0.239 e. The van der Waals surface area contributed by atoms with Crippen molar-refractivity contribution in [3.8, 4) is 0 Å². The number of benzene rings is 1. The molecule has 0 aliphatic heterocycles. The van der Waals surface area contributed by atoms with Crippen LogP contribution in [0.3, 0.4) is 0 Å². The Labute approximate surface area is 138 Å². The Balaban J connectivity index is 0.00000441. The van der Waals surface area contributed by atoms with Gasteiger partial charge in [0.05, 0.1) is 13.1 Å². The first-order valence-electron chi connectivity index (χ1n) is 7.16. The lowest BCUT2D eigenvalue weighted by atomic mass is 9.86. The Morgan fingerprint density at radius 3 is 2.14 bits per heavy atom. The number of carbonyl (C=O) groups is 2. The number of rotatable bonds is 6. The van der Waals surface area contributed by atoms with Crippen LogP contribution in [0.5, 0.6) is 0 Å². The summed E-state index contributed by atoms with van der Waals surface area (Å²) in [6.45, 7) is 6.95. The monoisotopic (exact) mass is 327 g/mol. The van der Waals surface area contributed by atoms with Gasteiger partial charge in [0, 0.05) is 6.54 Å². The van der Waals surface area contributed by atoms with E-state index in [1.54, 1.807) is 0 Å². The highest BCUT2D eigenvalue weighted by Crippen LogP contribution is 2.22. The van der Waals surface area contributed by atoms with Gasteiger partial charge in [-0.25, -0.2) is 0 Å². The van der Waals surface area contributed by atoms with Crippen molar-refractivity contribution in [1.29, 1.82) is 0 Å². The molecule has 0 aliphatic carbocycles. The van der Waals surface area contributed by atoms with Crippen molar-refractivity contribution in [3.63, 3.8) is 0 Å². The van der Waals surface area contributed by atoms with Gasteiger partial charge in [0.2, 0.25) is 11.8 Å². The van der Waals surface area contributed by atoms with E-state index in [0.29, 0.717) is 6.54 Å². The molecule has 124 valence electrons. The van der Waals surface area contributed by atoms with E-state index in [-0.39, 0.29) is 42.7 Å². The molecule has 0 fully saturated rings. The third-order valence-corrected chi connectivity index (χ3v) is 3.19. The molecular formula is C16H26ClN3O2. The predicted octanol–water partition coefficient (Wildman–Crippen LogP) is 1.14. The van der Waals surface area contributed by atoms with Crippen molar-refractivity contribution < 1.29 is 9.59 Å². The molecule has 0 unspecified atom stereocenters. The molecule has 0 bridgehead atoms. The third-order valence-electron chi connectivity index (χ3n) is 3.19. The minimum atomic E-state index is -0.331. The van der Waals surface area contributed by atoms with Crippen molar-refractivity contribution >= 4 is 24.2 Å². The molecule has 0 saturated carbocycles. The van der Waals surface area contributed by atoms with Crippen LogP contribution in [0.25, 0.3) is 0 Å². The fourth-order valence-corrected chi connectivity index (χ4v) is 1.83. The van der Waals surface area contributed by atoms with Crippen LogP contribution >= 0.6 is 12.4 Å². The van der Waals surface area contributed by atoms with E-state index in [1.807, 2.05) is 0 Å². The smallest absolute Gasteiger partial charge is 0.239 e. The Morgan fingerprint density at radius 1 is 1.05 bits per heavy atom. The van der Waals surface area contributed by atoms with Crippen LogP contribution in [0.15, 0.2) is 24.3 Å². The Kier molecular flexibility index (Phi) is 8.75. The molecule has 0 heterocycles. The van der Waals surface area contributed by atoms with E-state index in [4.69, 9.17) is 5.73 Å². The number of hydrogen-bond donors (Lipinski definition) is 3. The zero-order valence-corrected chi connectivity index (χ0v) is 14.3. The highest BCUT2D eigenvalue weighted by Gasteiger charge is 2.12. The average molecular weight is 328 g/mol. The molecule has 5 nitrogen and oxygen atoms in total. The van der Waals surface area contributed by atoms with Gasteiger partial charge in [-0.15, -0.1) is 12.4 Å². The van der Waals surface area contributed by atoms with Gasteiger partial charge < -0.3 is 16.4 Å². The molecule has 0 spiro atoms. The Bertz CT molecular complexity index is 481. The lowest BCUT2D eigenvalue weighted by molar-refractivity contribution is -0.125. The molecule has 1 aromatic rings. The maximum atomic E-state index is 11.5.